The summed E-state index contributed by atoms with van der Waals surface area (Å²) in [4.78, 5) is 0. The van der Waals surface area contributed by atoms with E-state index in [9.17, 15) is 26.0 Å². The largest absolute Gasteiger partial charge is 0.534 e. The van der Waals surface area contributed by atoms with E-state index in [1.165, 1.54) is 0 Å². The molecule has 0 unspecified atom stereocenters. The Hall–Kier alpha value is -1.51. The molecule has 0 aromatic heterocycles. The summed E-state index contributed by atoms with van der Waals surface area (Å²) in [6, 6.07) is 2.16. The number of rotatable bonds is 3. The minimum atomic E-state index is -5.81. The van der Waals surface area contributed by atoms with Crippen LogP contribution in [0.5, 0.6) is 11.5 Å². The van der Waals surface area contributed by atoms with Crippen LogP contribution in [-0.2, 0) is 10.1 Å². The molecule has 0 aliphatic carbocycles. The van der Waals surface area contributed by atoms with E-state index in [1.807, 2.05) is 0 Å². The third kappa shape index (κ3) is 3.22. The summed E-state index contributed by atoms with van der Waals surface area (Å²) in [5.74, 6) is -1.98. The highest BCUT2D eigenvalue weighted by Crippen LogP contribution is 2.29. The average molecular weight is 274 g/mol. The van der Waals surface area contributed by atoms with E-state index in [4.69, 9.17) is 0 Å². The average Bonchev–Trinajstić information content (AvgIpc) is 2.14. The maximum Gasteiger partial charge on any atom is 0.534 e. The Morgan fingerprint density at radius 1 is 1.12 bits per heavy atom. The molecule has 1 rings (SSSR count). The monoisotopic (exact) mass is 274 g/mol. The zero-order valence-corrected chi connectivity index (χ0v) is 9.10. The standard InChI is InChI=1S/C8H6F4O4S/c1-15-6-2-5(9)3-7(4-6)16-17(13,14)8(10,11)12/h2-4H,1H3. The molecule has 1 aromatic rings. The van der Waals surface area contributed by atoms with Crippen molar-refractivity contribution >= 4 is 10.1 Å². The van der Waals surface area contributed by atoms with Crippen molar-refractivity contribution in [1.82, 2.24) is 0 Å². The molecule has 9 heteroatoms. The number of halogens is 4. The third-order valence-electron chi connectivity index (χ3n) is 1.57. The minimum Gasteiger partial charge on any atom is -0.497 e. The van der Waals surface area contributed by atoms with Gasteiger partial charge in [0.05, 0.1) is 7.11 Å². The number of alkyl halides is 3. The SMILES string of the molecule is COc1cc(F)cc(OS(=O)(=O)C(F)(F)F)c1. The second kappa shape index (κ2) is 4.40. The van der Waals surface area contributed by atoms with Gasteiger partial charge < -0.3 is 8.92 Å². The zero-order chi connectivity index (χ0) is 13.3. The van der Waals surface area contributed by atoms with Crippen LogP contribution in [0.15, 0.2) is 18.2 Å². The first-order valence-electron chi connectivity index (χ1n) is 4.01. The molecule has 0 N–H and O–H groups in total. The molecule has 17 heavy (non-hydrogen) atoms. The first kappa shape index (κ1) is 13.6. The Morgan fingerprint density at radius 2 is 1.65 bits per heavy atom. The van der Waals surface area contributed by atoms with Gasteiger partial charge in [-0.15, -0.1) is 0 Å². The van der Waals surface area contributed by atoms with Crippen molar-refractivity contribution in [3.05, 3.63) is 24.0 Å². The van der Waals surface area contributed by atoms with Crippen LogP contribution in [0.1, 0.15) is 0 Å². The summed E-state index contributed by atoms with van der Waals surface area (Å²) < 4.78 is 78.2. The van der Waals surface area contributed by atoms with Gasteiger partial charge in [-0.2, -0.15) is 21.6 Å². The summed E-state index contributed by atoms with van der Waals surface area (Å²) in [7, 11) is -4.68. The van der Waals surface area contributed by atoms with Gasteiger partial charge in [0, 0.05) is 18.2 Å². The number of benzene rings is 1. The van der Waals surface area contributed by atoms with Gasteiger partial charge >= 0.3 is 15.6 Å². The fourth-order valence-corrected chi connectivity index (χ4v) is 1.32. The van der Waals surface area contributed by atoms with Gasteiger partial charge in [-0.05, 0) is 0 Å². The van der Waals surface area contributed by atoms with Crippen molar-refractivity contribution in [1.29, 1.82) is 0 Å². The number of hydrogen-bond acceptors (Lipinski definition) is 4. The molecule has 0 saturated heterocycles. The Labute approximate surface area is 93.9 Å². The zero-order valence-electron chi connectivity index (χ0n) is 8.29. The van der Waals surface area contributed by atoms with Crippen molar-refractivity contribution < 1.29 is 34.9 Å². The predicted octanol–water partition coefficient (Wildman–Crippen LogP) is 2.06. The molecule has 0 atom stereocenters. The highest BCUT2D eigenvalue weighted by Gasteiger charge is 2.48. The van der Waals surface area contributed by atoms with E-state index in [2.05, 4.69) is 8.92 Å². The first-order chi connectivity index (χ1) is 7.65. The summed E-state index contributed by atoms with van der Waals surface area (Å²) in [5, 5.41) is 0. The van der Waals surface area contributed by atoms with E-state index < -0.39 is 27.2 Å². The van der Waals surface area contributed by atoms with Crippen LogP contribution in [0, 0.1) is 5.82 Å². The summed E-state index contributed by atoms with van der Waals surface area (Å²) in [5.41, 5.74) is -5.58. The molecule has 0 radical (unpaired) electrons. The molecular formula is C8H6F4O4S. The van der Waals surface area contributed by atoms with Crippen LogP contribution in [0.4, 0.5) is 17.6 Å². The Balaban J connectivity index is 3.08. The van der Waals surface area contributed by atoms with E-state index in [1.54, 1.807) is 0 Å². The number of hydrogen-bond donors (Lipinski definition) is 0. The Kier molecular flexibility index (Phi) is 3.51. The number of methoxy groups -OCH3 is 1. The molecule has 1 aromatic carbocycles. The fourth-order valence-electron chi connectivity index (χ4n) is 0.877. The van der Waals surface area contributed by atoms with E-state index in [-0.39, 0.29) is 5.75 Å². The lowest BCUT2D eigenvalue weighted by Gasteiger charge is -2.10. The number of ether oxygens (including phenoxy) is 1. The van der Waals surface area contributed by atoms with Gasteiger partial charge in [0.15, 0.2) is 0 Å². The maximum atomic E-state index is 12.9. The quantitative estimate of drug-likeness (QED) is 0.481. The molecular weight excluding hydrogens is 268 g/mol. The van der Waals surface area contributed by atoms with E-state index in [0.717, 1.165) is 19.2 Å². The highest BCUT2D eigenvalue weighted by molar-refractivity contribution is 7.87. The highest BCUT2D eigenvalue weighted by atomic mass is 32.2. The molecule has 0 bridgehead atoms. The van der Waals surface area contributed by atoms with Crippen LogP contribution in [0.3, 0.4) is 0 Å². The third-order valence-corrected chi connectivity index (χ3v) is 2.55. The molecule has 0 fully saturated rings. The van der Waals surface area contributed by atoms with Crippen molar-refractivity contribution in [3.63, 3.8) is 0 Å². The normalized spacial score (nSPS) is 12.3. The lowest BCUT2D eigenvalue weighted by atomic mass is 10.3. The van der Waals surface area contributed by atoms with Crippen LogP contribution in [-0.4, -0.2) is 21.0 Å². The molecule has 0 heterocycles. The lowest BCUT2D eigenvalue weighted by molar-refractivity contribution is -0.0500. The van der Waals surface area contributed by atoms with Crippen molar-refractivity contribution in [2.24, 2.45) is 0 Å². The molecule has 96 valence electrons. The topological polar surface area (TPSA) is 52.6 Å². The van der Waals surface area contributed by atoms with Crippen molar-refractivity contribution in [2.45, 2.75) is 5.51 Å². The van der Waals surface area contributed by atoms with Crippen molar-refractivity contribution in [3.8, 4) is 11.5 Å². The van der Waals surface area contributed by atoms with Crippen LogP contribution < -0.4 is 8.92 Å². The molecule has 0 aliphatic rings. The van der Waals surface area contributed by atoms with Gasteiger partial charge in [0.25, 0.3) is 0 Å². The smallest absolute Gasteiger partial charge is 0.497 e. The van der Waals surface area contributed by atoms with Gasteiger partial charge in [-0.1, -0.05) is 0 Å². The summed E-state index contributed by atoms with van der Waals surface area (Å²) >= 11 is 0. The van der Waals surface area contributed by atoms with Gasteiger partial charge in [0.1, 0.15) is 17.3 Å². The van der Waals surface area contributed by atoms with Crippen molar-refractivity contribution in [2.75, 3.05) is 7.11 Å². The van der Waals surface area contributed by atoms with Gasteiger partial charge in [0.2, 0.25) is 0 Å². The van der Waals surface area contributed by atoms with Gasteiger partial charge in [-0.25, -0.2) is 4.39 Å². The minimum absolute atomic E-state index is 0.169. The summed E-state index contributed by atoms with van der Waals surface area (Å²) in [6.45, 7) is 0. The predicted molar refractivity (Wildman–Crippen MR) is 48.6 cm³/mol. The Bertz CT molecular complexity index is 509. The molecule has 0 spiro atoms. The Morgan fingerprint density at radius 3 is 2.12 bits per heavy atom. The first-order valence-corrected chi connectivity index (χ1v) is 5.42. The molecule has 0 saturated carbocycles. The molecule has 4 nitrogen and oxygen atoms in total. The van der Waals surface area contributed by atoms with E-state index >= 15 is 0 Å². The molecule has 0 amide bonds. The van der Waals surface area contributed by atoms with Crippen LogP contribution >= 0.6 is 0 Å². The molecule has 0 aliphatic heterocycles. The lowest BCUT2D eigenvalue weighted by Crippen LogP contribution is -2.28. The van der Waals surface area contributed by atoms with Crippen LogP contribution in [0.2, 0.25) is 0 Å². The second-order valence-corrected chi connectivity index (χ2v) is 4.35. The summed E-state index contributed by atoms with van der Waals surface area (Å²) in [6.07, 6.45) is 0. The fraction of sp³-hybridized carbons (Fsp3) is 0.250. The van der Waals surface area contributed by atoms with E-state index in [0.29, 0.717) is 6.07 Å². The van der Waals surface area contributed by atoms with Gasteiger partial charge in [-0.3, -0.25) is 0 Å². The van der Waals surface area contributed by atoms with Crippen LogP contribution in [0.25, 0.3) is 0 Å². The second-order valence-electron chi connectivity index (χ2n) is 2.81. The maximum absolute atomic E-state index is 12.9.